The molecule has 110 valence electrons. The summed E-state index contributed by atoms with van der Waals surface area (Å²) >= 11 is 0. The molecule has 2 amide bonds. The summed E-state index contributed by atoms with van der Waals surface area (Å²) in [5, 5.41) is 23.3. The van der Waals surface area contributed by atoms with Crippen molar-refractivity contribution in [3.05, 3.63) is 53.6 Å². The van der Waals surface area contributed by atoms with E-state index in [2.05, 4.69) is 10.6 Å². The highest BCUT2D eigenvalue weighted by Crippen LogP contribution is 2.23. The predicted octanol–water partition coefficient (Wildman–Crippen LogP) is 2.15. The Morgan fingerprint density at radius 1 is 1.05 bits per heavy atom. The van der Waals surface area contributed by atoms with Gasteiger partial charge in [0.15, 0.2) is 0 Å². The summed E-state index contributed by atoms with van der Waals surface area (Å²) < 4.78 is 0. The van der Waals surface area contributed by atoms with Gasteiger partial charge in [0, 0.05) is 0 Å². The number of aryl methyl sites for hydroxylation is 1. The summed E-state index contributed by atoms with van der Waals surface area (Å²) in [5.74, 6) is -1.99. The number of nitrogens with zero attached hydrogens (tertiary/aromatic N) is 1. The van der Waals surface area contributed by atoms with Crippen molar-refractivity contribution in [2.75, 3.05) is 10.6 Å². The summed E-state index contributed by atoms with van der Waals surface area (Å²) in [5.41, 5.74) is 1.46. The number of hydrogen-bond acceptors (Lipinski definition) is 4. The number of hydrogen-bond donors (Lipinski definition) is 3. The third kappa shape index (κ3) is 3.41. The van der Waals surface area contributed by atoms with Crippen LogP contribution in [0, 0.1) is 18.3 Å². The quantitative estimate of drug-likeness (QED) is 0.583. The van der Waals surface area contributed by atoms with E-state index in [4.69, 9.17) is 5.26 Å². The normalized spacial score (nSPS) is 9.64. The van der Waals surface area contributed by atoms with Gasteiger partial charge in [-0.25, -0.2) is 0 Å². The van der Waals surface area contributed by atoms with E-state index >= 15 is 0 Å². The van der Waals surface area contributed by atoms with E-state index in [1.165, 1.54) is 24.3 Å². The Kier molecular flexibility index (Phi) is 4.39. The lowest BCUT2D eigenvalue weighted by Gasteiger charge is -2.09. The van der Waals surface area contributed by atoms with Crippen LogP contribution in [0.4, 0.5) is 11.4 Å². The molecule has 3 N–H and O–H groups in total. The molecule has 0 spiro atoms. The smallest absolute Gasteiger partial charge is 0.314 e. The number of carbonyl (C=O) groups is 2. The zero-order valence-corrected chi connectivity index (χ0v) is 11.8. The van der Waals surface area contributed by atoms with Crippen LogP contribution in [0.5, 0.6) is 5.75 Å². The summed E-state index contributed by atoms with van der Waals surface area (Å²) in [6.07, 6.45) is 0. The van der Waals surface area contributed by atoms with Gasteiger partial charge in [0.25, 0.3) is 0 Å². The van der Waals surface area contributed by atoms with E-state index < -0.39 is 11.8 Å². The molecular formula is C16H13N3O3. The van der Waals surface area contributed by atoms with Crippen LogP contribution >= 0.6 is 0 Å². The molecule has 0 aliphatic rings. The lowest BCUT2D eigenvalue weighted by atomic mass is 10.2. The average Bonchev–Trinajstić information content (AvgIpc) is 2.50. The zero-order valence-electron chi connectivity index (χ0n) is 11.8. The maximum atomic E-state index is 11.8. The van der Waals surface area contributed by atoms with Crippen LogP contribution < -0.4 is 10.6 Å². The Labute approximate surface area is 127 Å². The van der Waals surface area contributed by atoms with E-state index in [1.54, 1.807) is 25.1 Å². The molecule has 6 heteroatoms. The number of para-hydroxylation sites is 1. The van der Waals surface area contributed by atoms with Gasteiger partial charge >= 0.3 is 11.8 Å². The number of nitrogens with one attached hydrogen (secondary N) is 2. The SMILES string of the molecule is Cc1ccc(NC(=O)C(=O)Nc2ccccc2C#N)c(O)c1. The van der Waals surface area contributed by atoms with Crippen molar-refractivity contribution in [1.29, 1.82) is 5.26 Å². The fraction of sp³-hybridized carbons (Fsp3) is 0.0625. The first kappa shape index (κ1) is 15.1. The Balaban J connectivity index is 2.10. The van der Waals surface area contributed by atoms with E-state index in [0.29, 0.717) is 0 Å². The van der Waals surface area contributed by atoms with Gasteiger partial charge in [0.05, 0.1) is 16.9 Å². The fourth-order valence-electron chi connectivity index (χ4n) is 1.80. The molecule has 2 rings (SSSR count). The van der Waals surface area contributed by atoms with Crippen molar-refractivity contribution in [1.82, 2.24) is 0 Å². The highest BCUT2D eigenvalue weighted by atomic mass is 16.3. The first-order valence-corrected chi connectivity index (χ1v) is 6.42. The van der Waals surface area contributed by atoms with E-state index in [1.807, 2.05) is 6.07 Å². The van der Waals surface area contributed by atoms with Crippen LogP contribution in [0.25, 0.3) is 0 Å². The second-order valence-corrected chi connectivity index (χ2v) is 4.59. The van der Waals surface area contributed by atoms with E-state index in [0.717, 1.165) is 5.56 Å². The molecule has 0 fully saturated rings. The summed E-state index contributed by atoms with van der Waals surface area (Å²) in [7, 11) is 0. The maximum Gasteiger partial charge on any atom is 0.314 e. The molecule has 0 aliphatic heterocycles. The van der Waals surface area contributed by atoms with Gasteiger partial charge in [0.1, 0.15) is 11.8 Å². The number of carbonyl (C=O) groups excluding carboxylic acids is 2. The van der Waals surface area contributed by atoms with Crippen molar-refractivity contribution in [2.24, 2.45) is 0 Å². The van der Waals surface area contributed by atoms with Gasteiger partial charge < -0.3 is 15.7 Å². The molecule has 6 nitrogen and oxygen atoms in total. The average molecular weight is 295 g/mol. The Bertz CT molecular complexity index is 778. The first-order valence-electron chi connectivity index (χ1n) is 6.42. The molecule has 0 atom stereocenters. The molecule has 2 aromatic carbocycles. The van der Waals surface area contributed by atoms with Crippen LogP contribution in [-0.2, 0) is 9.59 Å². The van der Waals surface area contributed by atoms with Crippen LogP contribution in [0.1, 0.15) is 11.1 Å². The van der Waals surface area contributed by atoms with Crippen LogP contribution in [0.3, 0.4) is 0 Å². The topological polar surface area (TPSA) is 102 Å². The number of rotatable bonds is 2. The first-order chi connectivity index (χ1) is 10.5. The highest BCUT2D eigenvalue weighted by Gasteiger charge is 2.16. The van der Waals surface area contributed by atoms with Crippen LogP contribution in [0.2, 0.25) is 0 Å². The van der Waals surface area contributed by atoms with Gasteiger partial charge in [-0.05, 0) is 36.8 Å². The lowest BCUT2D eigenvalue weighted by Crippen LogP contribution is -2.29. The van der Waals surface area contributed by atoms with Crippen molar-refractivity contribution in [2.45, 2.75) is 6.92 Å². The molecule has 0 aromatic heterocycles. The van der Waals surface area contributed by atoms with Crippen molar-refractivity contribution in [3.63, 3.8) is 0 Å². The maximum absolute atomic E-state index is 11.8. The minimum Gasteiger partial charge on any atom is -0.506 e. The van der Waals surface area contributed by atoms with Gasteiger partial charge in [-0.1, -0.05) is 18.2 Å². The number of aromatic hydroxyl groups is 1. The standard InChI is InChI=1S/C16H13N3O3/c1-10-6-7-13(14(20)8-10)19-16(22)15(21)18-12-5-3-2-4-11(12)9-17/h2-8,20H,1H3,(H,18,21)(H,19,22). The molecule has 0 aliphatic carbocycles. The van der Waals surface area contributed by atoms with Crippen LogP contribution in [0.15, 0.2) is 42.5 Å². The monoisotopic (exact) mass is 295 g/mol. The second-order valence-electron chi connectivity index (χ2n) is 4.59. The lowest BCUT2D eigenvalue weighted by molar-refractivity contribution is -0.133. The third-order valence-corrected chi connectivity index (χ3v) is 2.90. The molecule has 0 bridgehead atoms. The van der Waals surface area contributed by atoms with Crippen molar-refractivity contribution >= 4 is 23.2 Å². The number of amides is 2. The molecule has 0 unspecified atom stereocenters. The predicted molar refractivity (Wildman–Crippen MR) is 81.3 cm³/mol. The molecule has 0 heterocycles. The molecule has 0 radical (unpaired) electrons. The number of benzene rings is 2. The van der Waals surface area contributed by atoms with Crippen LogP contribution in [-0.4, -0.2) is 16.9 Å². The van der Waals surface area contributed by atoms with E-state index in [9.17, 15) is 14.7 Å². The van der Waals surface area contributed by atoms with Gasteiger partial charge in [-0.2, -0.15) is 5.26 Å². The molecule has 2 aromatic rings. The van der Waals surface area contributed by atoms with Gasteiger partial charge in [0.2, 0.25) is 0 Å². The van der Waals surface area contributed by atoms with E-state index in [-0.39, 0.29) is 22.7 Å². The largest absolute Gasteiger partial charge is 0.506 e. The van der Waals surface area contributed by atoms with Crippen molar-refractivity contribution < 1.29 is 14.7 Å². The number of phenols is 1. The summed E-state index contributed by atoms with van der Waals surface area (Å²) in [4.78, 5) is 23.7. The molecule has 22 heavy (non-hydrogen) atoms. The number of anilines is 2. The molecule has 0 saturated carbocycles. The second kappa shape index (κ2) is 6.41. The Hall–Kier alpha value is -3.33. The summed E-state index contributed by atoms with van der Waals surface area (Å²) in [6.45, 7) is 1.79. The van der Waals surface area contributed by atoms with Crippen molar-refractivity contribution in [3.8, 4) is 11.8 Å². The van der Waals surface area contributed by atoms with Gasteiger partial charge in [-0.3, -0.25) is 9.59 Å². The zero-order chi connectivity index (χ0) is 16.1. The minimum absolute atomic E-state index is 0.126. The number of phenolic OH excluding ortho intramolecular Hbond substituents is 1. The van der Waals surface area contributed by atoms with Gasteiger partial charge in [-0.15, -0.1) is 0 Å². The molecule has 0 saturated heterocycles. The third-order valence-electron chi connectivity index (χ3n) is 2.90. The Morgan fingerprint density at radius 3 is 2.32 bits per heavy atom. The minimum atomic E-state index is -0.938. The highest BCUT2D eigenvalue weighted by molar-refractivity contribution is 6.43. The fourth-order valence-corrected chi connectivity index (χ4v) is 1.80. The number of nitriles is 1. The summed E-state index contributed by atoms with van der Waals surface area (Å²) in [6, 6.07) is 12.9. The Morgan fingerprint density at radius 2 is 1.68 bits per heavy atom. The molecular weight excluding hydrogens is 282 g/mol.